The van der Waals surface area contributed by atoms with Crippen LogP contribution >= 0.6 is 23.1 Å². The van der Waals surface area contributed by atoms with Crippen molar-refractivity contribution < 1.29 is 10.0 Å². The topological polar surface area (TPSA) is 66.6 Å². The molecule has 0 bridgehead atoms. The molecule has 0 spiro atoms. The minimum absolute atomic E-state index is 0.0983. The molecule has 0 aliphatic carbocycles. The van der Waals surface area contributed by atoms with E-state index in [1.54, 1.807) is 6.92 Å². The first-order valence-electron chi connectivity index (χ1n) is 6.15. The SMILES string of the molecule is CC(O)c1cc([N+](=O)[O-])c(N2CCSC(C)(C)C2)s1. The van der Waals surface area contributed by atoms with E-state index in [0.717, 1.165) is 18.8 Å². The zero-order chi connectivity index (χ0) is 14.2. The first-order valence-corrected chi connectivity index (χ1v) is 7.95. The predicted octanol–water partition coefficient (Wildman–Crippen LogP) is 3.04. The van der Waals surface area contributed by atoms with E-state index in [1.807, 2.05) is 11.8 Å². The predicted molar refractivity (Wildman–Crippen MR) is 80.4 cm³/mol. The fraction of sp³-hybridized carbons (Fsp3) is 0.667. The highest BCUT2D eigenvalue weighted by Gasteiger charge is 2.32. The highest BCUT2D eigenvalue weighted by atomic mass is 32.2. The number of nitro groups is 1. The molecule has 1 fully saturated rings. The van der Waals surface area contributed by atoms with Gasteiger partial charge in [-0.15, -0.1) is 11.3 Å². The Morgan fingerprint density at radius 1 is 1.58 bits per heavy atom. The van der Waals surface area contributed by atoms with Crippen molar-refractivity contribution in [3.8, 4) is 0 Å². The summed E-state index contributed by atoms with van der Waals surface area (Å²) >= 11 is 3.22. The minimum atomic E-state index is -0.662. The van der Waals surface area contributed by atoms with Crippen molar-refractivity contribution >= 4 is 33.8 Å². The molecule has 1 unspecified atom stereocenters. The van der Waals surface area contributed by atoms with E-state index in [9.17, 15) is 15.2 Å². The molecule has 1 aliphatic heterocycles. The molecule has 1 aromatic rings. The number of rotatable bonds is 3. The van der Waals surface area contributed by atoms with E-state index < -0.39 is 6.10 Å². The van der Waals surface area contributed by atoms with Gasteiger partial charge in [-0.05, 0) is 20.8 Å². The van der Waals surface area contributed by atoms with Crippen LogP contribution in [0, 0.1) is 10.1 Å². The van der Waals surface area contributed by atoms with Crippen LogP contribution in [0.5, 0.6) is 0 Å². The Kier molecular flexibility index (Phi) is 4.08. The van der Waals surface area contributed by atoms with Crippen LogP contribution in [0.1, 0.15) is 31.8 Å². The van der Waals surface area contributed by atoms with Gasteiger partial charge in [0.1, 0.15) is 0 Å². The molecule has 1 atom stereocenters. The van der Waals surface area contributed by atoms with E-state index >= 15 is 0 Å². The fourth-order valence-electron chi connectivity index (χ4n) is 2.14. The summed E-state index contributed by atoms with van der Waals surface area (Å²) in [6.07, 6.45) is -0.662. The van der Waals surface area contributed by atoms with Gasteiger partial charge in [0.25, 0.3) is 0 Å². The summed E-state index contributed by atoms with van der Waals surface area (Å²) in [4.78, 5) is 13.5. The maximum atomic E-state index is 11.2. The quantitative estimate of drug-likeness (QED) is 0.686. The molecule has 0 amide bonds. The van der Waals surface area contributed by atoms with Gasteiger partial charge in [0.05, 0.1) is 11.0 Å². The summed E-state index contributed by atoms with van der Waals surface area (Å²) in [6.45, 7) is 7.54. The Morgan fingerprint density at radius 2 is 2.26 bits per heavy atom. The molecule has 0 saturated carbocycles. The minimum Gasteiger partial charge on any atom is -0.388 e. The van der Waals surface area contributed by atoms with E-state index in [4.69, 9.17) is 0 Å². The number of nitrogens with zero attached hydrogens (tertiary/aromatic N) is 2. The number of aliphatic hydroxyl groups is 1. The molecule has 106 valence electrons. The van der Waals surface area contributed by atoms with Crippen molar-refractivity contribution in [2.75, 3.05) is 23.7 Å². The van der Waals surface area contributed by atoms with Crippen LogP contribution in [0.15, 0.2) is 6.07 Å². The summed E-state index contributed by atoms with van der Waals surface area (Å²) in [5, 5.41) is 21.4. The molecule has 0 aromatic carbocycles. The summed E-state index contributed by atoms with van der Waals surface area (Å²) < 4.78 is 0.0983. The second kappa shape index (κ2) is 5.30. The Hall–Kier alpha value is -0.790. The number of thiophene rings is 1. The summed E-state index contributed by atoms with van der Waals surface area (Å²) in [6, 6.07) is 1.50. The van der Waals surface area contributed by atoms with Crippen LogP contribution in [-0.2, 0) is 0 Å². The van der Waals surface area contributed by atoms with Gasteiger partial charge in [0.15, 0.2) is 5.00 Å². The molecular weight excluding hydrogens is 284 g/mol. The number of anilines is 1. The average Bonchev–Trinajstić information content (AvgIpc) is 2.72. The van der Waals surface area contributed by atoms with E-state index in [1.165, 1.54) is 17.4 Å². The van der Waals surface area contributed by atoms with Crippen molar-refractivity contribution in [3.63, 3.8) is 0 Å². The van der Waals surface area contributed by atoms with Crippen LogP contribution in [0.2, 0.25) is 0 Å². The Morgan fingerprint density at radius 3 is 2.79 bits per heavy atom. The van der Waals surface area contributed by atoms with Crippen molar-refractivity contribution in [1.82, 2.24) is 0 Å². The first kappa shape index (κ1) is 14.6. The van der Waals surface area contributed by atoms with Crippen molar-refractivity contribution in [3.05, 3.63) is 21.1 Å². The Balaban J connectivity index is 2.35. The smallest absolute Gasteiger partial charge is 0.304 e. The summed E-state index contributed by atoms with van der Waals surface area (Å²) in [5.74, 6) is 0.964. The normalized spacial score (nSPS) is 20.3. The zero-order valence-electron chi connectivity index (χ0n) is 11.3. The fourth-order valence-corrected chi connectivity index (χ4v) is 4.34. The van der Waals surface area contributed by atoms with Crippen LogP contribution in [0.3, 0.4) is 0 Å². The number of hydrogen-bond donors (Lipinski definition) is 1. The highest BCUT2D eigenvalue weighted by Crippen LogP contribution is 2.43. The lowest BCUT2D eigenvalue weighted by Gasteiger charge is -2.37. The van der Waals surface area contributed by atoms with Gasteiger partial charge in [0, 0.05) is 34.5 Å². The third-order valence-corrected chi connectivity index (χ3v) is 5.69. The van der Waals surface area contributed by atoms with Crippen molar-refractivity contribution in [2.24, 2.45) is 0 Å². The Labute approximate surface area is 120 Å². The van der Waals surface area contributed by atoms with Crippen molar-refractivity contribution in [1.29, 1.82) is 0 Å². The summed E-state index contributed by atoms with van der Waals surface area (Å²) in [5.41, 5.74) is 0.114. The molecule has 1 N–H and O–H groups in total. The molecule has 2 heterocycles. The number of hydrogen-bond acceptors (Lipinski definition) is 6. The average molecular weight is 302 g/mol. The van der Waals surface area contributed by atoms with Crippen LogP contribution in [0.25, 0.3) is 0 Å². The van der Waals surface area contributed by atoms with Crippen LogP contribution in [0.4, 0.5) is 10.7 Å². The number of thioether (sulfide) groups is 1. The maximum Gasteiger partial charge on any atom is 0.304 e. The van der Waals surface area contributed by atoms with E-state index in [0.29, 0.717) is 9.88 Å². The lowest BCUT2D eigenvalue weighted by molar-refractivity contribution is -0.383. The summed E-state index contributed by atoms with van der Waals surface area (Å²) in [7, 11) is 0. The first-order chi connectivity index (χ1) is 8.80. The number of aliphatic hydroxyl groups excluding tert-OH is 1. The lowest BCUT2D eigenvalue weighted by atomic mass is 10.2. The van der Waals surface area contributed by atoms with Gasteiger partial charge in [-0.3, -0.25) is 10.1 Å². The lowest BCUT2D eigenvalue weighted by Crippen LogP contribution is -2.43. The third kappa shape index (κ3) is 3.21. The maximum absolute atomic E-state index is 11.2. The van der Waals surface area contributed by atoms with Crippen molar-refractivity contribution in [2.45, 2.75) is 31.6 Å². The molecule has 1 aliphatic rings. The van der Waals surface area contributed by atoms with Crippen LogP contribution in [-0.4, -0.2) is 33.6 Å². The second-order valence-electron chi connectivity index (χ2n) is 5.30. The van der Waals surface area contributed by atoms with Gasteiger partial charge in [-0.1, -0.05) is 0 Å². The monoisotopic (exact) mass is 302 g/mol. The van der Waals surface area contributed by atoms with E-state index in [-0.39, 0.29) is 15.4 Å². The van der Waals surface area contributed by atoms with Gasteiger partial charge in [0.2, 0.25) is 0 Å². The Bertz CT molecular complexity index is 485. The second-order valence-corrected chi connectivity index (χ2v) is 8.17. The molecule has 0 radical (unpaired) electrons. The molecule has 1 aromatic heterocycles. The molecule has 1 saturated heterocycles. The molecule has 2 rings (SSSR count). The molecule has 7 heteroatoms. The van der Waals surface area contributed by atoms with E-state index in [2.05, 4.69) is 18.7 Å². The van der Waals surface area contributed by atoms with Gasteiger partial charge in [-0.2, -0.15) is 11.8 Å². The highest BCUT2D eigenvalue weighted by molar-refractivity contribution is 8.00. The standard InChI is InChI=1S/C12H18N2O3S2/c1-8(15)10-6-9(14(16)17)11(19-10)13-4-5-18-12(2,3)7-13/h6,8,15H,4-5,7H2,1-3H3. The largest absolute Gasteiger partial charge is 0.388 e. The molecule has 5 nitrogen and oxygen atoms in total. The van der Waals surface area contributed by atoms with Gasteiger partial charge in [-0.25, -0.2) is 0 Å². The molecular formula is C12H18N2O3S2. The molecule has 19 heavy (non-hydrogen) atoms. The van der Waals surface area contributed by atoms with Gasteiger partial charge < -0.3 is 10.0 Å². The zero-order valence-corrected chi connectivity index (χ0v) is 12.9. The van der Waals surface area contributed by atoms with Gasteiger partial charge >= 0.3 is 5.69 Å². The third-order valence-electron chi connectivity index (χ3n) is 3.03. The van der Waals surface area contributed by atoms with Crippen LogP contribution < -0.4 is 4.90 Å².